The number of para-hydroxylation sites is 4. The molecule has 0 aliphatic carbocycles. The van der Waals surface area contributed by atoms with Crippen LogP contribution >= 0.6 is 0 Å². The fraction of sp³-hybridized carbons (Fsp3) is 0. The highest BCUT2D eigenvalue weighted by Gasteiger charge is 2.24. The number of rotatable bonds is 6. The van der Waals surface area contributed by atoms with Gasteiger partial charge in [-0.3, -0.25) is 4.57 Å². The average molecular weight is 985 g/mol. The number of nitrogens with zero attached hydrogens (tertiary/aromatic N) is 4. The molecule has 0 unspecified atom stereocenters. The summed E-state index contributed by atoms with van der Waals surface area (Å²) in [4.78, 5) is 11.0. The van der Waals surface area contributed by atoms with E-state index in [0.29, 0.717) is 5.95 Å². The van der Waals surface area contributed by atoms with Gasteiger partial charge < -0.3 is 17.8 Å². The molecule has 7 heteroatoms. The third kappa shape index (κ3) is 6.32. The zero-order valence-corrected chi connectivity index (χ0v) is 41.1. The first kappa shape index (κ1) is 41.9. The highest BCUT2D eigenvalue weighted by molar-refractivity contribution is 6.29. The van der Waals surface area contributed by atoms with Crippen molar-refractivity contribution in [3.63, 3.8) is 0 Å². The minimum absolute atomic E-state index is 0.576. The molecule has 0 saturated carbocycles. The van der Waals surface area contributed by atoms with Gasteiger partial charge in [-0.15, -0.1) is 0 Å². The van der Waals surface area contributed by atoms with Crippen LogP contribution in [0, 0.1) is 0 Å². The van der Waals surface area contributed by atoms with Crippen molar-refractivity contribution in [2.45, 2.75) is 0 Å². The van der Waals surface area contributed by atoms with Gasteiger partial charge in [0.2, 0.25) is 5.95 Å². The largest absolute Gasteiger partial charge is 0.456 e. The van der Waals surface area contributed by atoms with E-state index < -0.39 is 0 Å². The van der Waals surface area contributed by atoms with Crippen LogP contribution in [-0.4, -0.2) is 19.1 Å². The molecule has 17 aromatic rings. The zero-order valence-electron chi connectivity index (χ0n) is 41.1. The lowest BCUT2D eigenvalue weighted by Gasteiger charge is -2.12. The molecule has 11 aromatic carbocycles. The van der Waals surface area contributed by atoms with Gasteiger partial charge in [0.1, 0.15) is 33.5 Å². The first-order valence-corrected chi connectivity index (χ1v) is 25.9. The van der Waals surface area contributed by atoms with Gasteiger partial charge >= 0.3 is 0 Å². The summed E-state index contributed by atoms with van der Waals surface area (Å²) in [5, 5.41) is 11.0. The van der Waals surface area contributed by atoms with E-state index in [1.807, 2.05) is 24.3 Å². The van der Waals surface area contributed by atoms with Crippen LogP contribution in [0.3, 0.4) is 0 Å². The molecule has 0 atom stereocenters. The van der Waals surface area contributed by atoms with Crippen molar-refractivity contribution in [1.29, 1.82) is 0 Å². The van der Waals surface area contributed by atoms with Gasteiger partial charge in [-0.05, 0) is 138 Å². The Morgan fingerprint density at radius 2 is 0.649 bits per heavy atom. The van der Waals surface area contributed by atoms with Crippen molar-refractivity contribution in [1.82, 2.24) is 19.1 Å². The molecule has 0 aliphatic heterocycles. The van der Waals surface area contributed by atoms with Gasteiger partial charge in [0.05, 0.1) is 33.5 Å². The summed E-state index contributed by atoms with van der Waals surface area (Å²) < 4.78 is 23.6. The van der Waals surface area contributed by atoms with Crippen LogP contribution < -0.4 is 0 Å². The van der Waals surface area contributed by atoms with Crippen molar-refractivity contribution in [2.24, 2.45) is 0 Å². The summed E-state index contributed by atoms with van der Waals surface area (Å²) in [5.41, 5.74) is 18.6. The summed E-state index contributed by atoms with van der Waals surface area (Å²) >= 11 is 0. The molecule has 358 valence electrons. The standard InChI is InChI=1S/C70H40N4O3/c1-2-13-41(14-3-1)43-25-31-66-54(36-43)55-37-44(26-32-67(55)77-66)42-15-12-16-47(35-42)73-58-21-8-4-19-50(58)68-60(73)29-30-61-69(68)51-20-5-9-22-59(51)74(61)70-71-56(45-27-33-64-52(38-45)48-17-6-10-23-62(48)75-64)40-57(72-70)46-28-34-65-53(39-46)49-18-7-11-24-63(49)76-65/h1-40H. The molecule has 0 radical (unpaired) electrons. The van der Waals surface area contributed by atoms with Crippen LogP contribution in [0.15, 0.2) is 256 Å². The van der Waals surface area contributed by atoms with Crippen LogP contribution in [0.4, 0.5) is 0 Å². The number of benzene rings is 11. The molecule has 0 spiro atoms. The second-order valence-electron chi connectivity index (χ2n) is 20.1. The van der Waals surface area contributed by atoms with E-state index in [0.717, 1.165) is 144 Å². The molecule has 17 rings (SSSR count). The van der Waals surface area contributed by atoms with Crippen molar-refractivity contribution < 1.29 is 13.3 Å². The molecule has 0 N–H and O–H groups in total. The number of hydrogen-bond donors (Lipinski definition) is 0. The van der Waals surface area contributed by atoms with E-state index in [2.05, 4.69) is 228 Å². The fourth-order valence-electron chi connectivity index (χ4n) is 12.2. The Labute approximate surface area is 438 Å². The number of furan rings is 3. The molecular formula is C70H40N4O3. The maximum Gasteiger partial charge on any atom is 0.235 e. The van der Waals surface area contributed by atoms with Gasteiger partial charge in [-0.2, -0.15) is 0 Å². The Kier molecular flexibility index (Phi) is 8.71. The average Bonchev–Trinajstić information content (AvgIpc) is 4.45. The van der Waals surface area contributed by atoms with Crippen LogP contribution in [-0.2, 0) is 0 Å². The second kappa shape index (κ2) is 16.0. The Morgan fingerprint density at radius 1 is 0.247 bits per heavy atom. The predicted octanol–water partition coefficient (Wildman–Crippen LogP) is 19.0. The van der Waals surface area contributed by atoms with E-state index >= 15 is 0 Å². The Hall–Kier alpha value is -10.5. The number of aromatic nitrogens is 4. The van der Waals surface area contributed by atoms with Crippen LogP contribution in [0.1, 0.15) is 0 Å². The third-order valence-electron chi connectivity index (χ3n) is 15.7. The molecular weight excluding hydrogens is 945 g/mol. The topological polar surface area (TPSA) is 75.1 Å². The first-order valence-electron chi connectivity index (χ1n) is 25.9. The lowest BCUT2D eigenvalue weighted by molar-refractivity contribution is 0.668. The SMILES string of the molecule is c1ccc(-c2ccc3oc4ccc(-c5cccc(-n6c7ccccc7c7c8c9ccccc9n(-c9nc(-c%10ccc%11oc%12ccccc%12c%11c%10)cc(-c%10ccc%11oc%12ccccc%12c%11c%10)n9)c8ccc76)c5)cc4c3c2)cc1. The molecule has 7 nitrogen and oxygen atoms in total. The summed E-state index contributed by atoms with van der Waals surface area (Å²) in [6, 6.07) is 85.6. The monoisotopic (exact) mass is 984 g/mol. The molecule has 0 saturated heterocycles. The van der Waals surface area contributed by atoms with Crippen molar-refractivity contribution in [2.75, 3.05) is 0 Å². The zero-order chi connectivity index (χ0) is 50.3. The predicted molar refractivity (Wildman–Crippen MR) is 314 cm³/mol. The normalized spacial score (nSPS) is 12.2. The molecule has 0 aliphatic rings. The molecule has 6 aromatic heterocycles. The van der Waals surface area contributed by atoms with Gasteiger partial charge in [-0.1, -0.05) is 127 Å². The minimum Gasteiger partial charge on any atom is -0.456 e. The smallest absolute Gasteiger partial charge is 0.235 e. The Balaban J connectivity index is 0.861. The van der Waals surface area contributed by atoms with E-state index in [9.17, 15) is 0 Å². The maximum atomic E-state index is 6.39. The second-order valence-corrected chi connectivity index (χ2v) is 20.1. The number of fused-ring (bicyclic) bond motifs is 16. The van der Waals surface area contributed by atoms with E-state index in [-0.39, 0.29) is 0 Å². The summed E-state index contributed by atoms with van der Waals surface area (Å²) in [7, 11) is 0. The first-order chi connectivity index (χ1) is 38.1. The summed E-state index contributed by atoms with van der Waals surface area (Å²) in [6.07, 6.45) is 0. The quantitative estimate of drug-likeness (QED) is 0.166. The van der Waals surface area contributed by atoms with Crippen LogP contribution in [0.5, 0.6) is 0 Å². The molecule has 6 heterocycles. The van der Waals surface area contributed by atoms with Crippen molar-refractivity contribution in [3.05, 3.63) is 243 Å². The van der Waals surface area contributed by atoms with Crippen LogP contribution in [0.25, 0.3) is 166 Å². The highest BCUT2D eigenvalue weighted by atomic mass is 16.3. The van der Waals surface area contributed by atoms with E-state index in [4.69, 9.17) is 23.2 Å². The molecule has 77 heavy (non-hydrogen) atoms. The van der Waals surface area contributed by atoms with Crippen LogP contribution in [0.2, 0.25) is 0 Å². The van der Waals surface area contributed by atoms with Gasteiger partial charge in [0.25, 0.3) is 0 Å². The van der Waals surface area contributed by atoms with Gasteiger partial charge in [-0.25, -0.2) is 9.97 Å². The van der Waals surface area contributed by atoms with E-state index in [1.165, 1.54) is 16.3 Å². The fourth-order valence-corrected chi connectivity index (χ4v) is 12.2. The number of hydrogen-bond acceptors (Lipinski definition) is 5. The minimum atomic E-state index is 0.576. The summed E-state index contributed by atoms with van der Waals surface area (Å²) in [6.45, 7) is 0. The van der Waals surface area contributed by atoms with Gasteiger partial charge in [0.15, 0.2) is 0 Å². The lowest BCUT2D eigenvalue weighted by Crippen LogP contribution is -2.04. The lowest BCUT2D eigenvalue weighted by atomic mass is 10.00. The Morgan fingerprint density at radius 3 is 1.22 bits per heavy atom. The molecule has 0 amide bonds. The molecule has 0 fully saturated rings. The van der Waals surface area contributed by atoms with E-state index in [1.54, 1.807) is 0 Å². The van der Waals surface area contributed by atoms with Crippen molar-refractivity contribution >= 4 is 109 Å². The summed E-state index contributed by atoms with van der Waals surface area (Å²) in [5.74, 6) is 0.576. The molecule has 0 bridgehead atoms. The van der Waals surface area contributed by atoms with Gasteiger partial charge in [0, 0.05) is 70.7 Å². The highest BCUT2D eigenvalue weighted by Crippen LogP contribution is 2.44. The Bertz CT molecular complexity index is 5170. The maximum absolute atomic E-state index is 6.39. The van der Waals surface area contributed by atoms with Crippen molar-refractivity contribution in [3.8, 4) is 56.4 Å². The third-order valence-corrected chi connectivity index (χ3v) is 15.7.